The predicted octanol–water partition coefficient (Wildman–Crippen LogP) is 3.16. The number of nitrogens with zero attached hydrogens (tertiary/aromatic N) is 3. The molecule has 7 heteroatoms. The smallest absolute Gasteiger partial charge is 0.271 e. The van der Waals surface area contributed by atoms with Crippen LogP contribution in [0.2, 0.25) is 0 Å². The maximum atomic E-state index is 10.8. The Morgan fingerprint density at radius 3 is 2.65 bits per heavy atom. The molecule has 3 aromatic rings. The number of methoxy groups -OCH3 is 1. The summed E-state index contributed by atoms with van der Waals surface area (Å²) < 4.78 is 5.11. The lowest BCUT2D eigenvalue weighted by Crippen LogP contribution is -2.02. The maximum absolute atomic E-state index is 10.8. The second-order valence-electron chi connectivity index (χ2n) is 4.89. The molecule has 116 valence electrons. The van der Waals surface area contributed by atoms with Crippen LogP contribution < -0.4 is 10.1 Å². The third kappa shape index (κ3) is 3.34. The van der Waals surface area contributed by atoms with E-state index in [4.69, 9.17) is 4.74 Å². The molecule has 0 unspecified atom stereocenters. The SMILES string of the molecule is COc1ccc(CNc2cnc3ccc([N+](=O)[O-])cc3n2)cc1. The number of ether oxygens (including phenoxy) is 1. The Kier molecular flexibility index (Phi) is 4.01. The molecule has 0 aliphatic heterocycles. The maximum Gasteiger partial charge on any atom is 0.271 e. The number of rotatable bonds is 5. The van der Waals surface area contributed by atoms with Gasteiger partial charge in [0, 0.05) is 18.7 Å². The van der Waals surface area contributed by atoms with Crippen LogP contribution in [0.5, 0.6) is 5.75 Å². The van der Waals surface area contributed by atoms with E-state index in [9.17, 15) is 10.1 Å². The summed E-state index contributed by atoms with van der Waals surface area (Å²) in [6, 6.07) is 12.1. The van der Waals surface area contributed by atoms with Crippen LogP contribution in [0.1, 0.15) is 5.56 Å². The zero-order valence-corrected chi connectivity index (χ0v) is 12.4. The molecule has 7 nitrogen and oxygen atoms in total. The van der Waals surface area contributed by atoms with Crippen molar-refractivity contribution in [2.75, 3.05) is 12.4 Å². The number of aromatic nitrogens is 2. The van der Waals surface area contributed by atoms with Crippen LogP contribution in [0.25, 0.3) is 11.0 Å². The highest BCUT2D eigenvalue weighted by molar-refractivity contribution is 5.78. The Morgan fingerprint density at radius 1 is 1.17 bits per heavy atom. The van der Waals surface area contributed by atoms with E-state index in [1.165, 1.54) is 12.1 Å². The summed E-state index contributed by atoms with van der Waals surface area (Å²) in [5.74, 6) is 1.36. The number of hydrogen-bond acceptors (Lipinski definition) is 6. The molecule has 1 aromatic heterocycles. The molecule has 0 amide bonds. The number of hydrogen-bond donors (Lipinski definition) is 1. The normalized spacial score (nSPS) is 10.5. The van der Waals surface area contributed by atoms with Crippen molar-refractivity contribution in [3.8, 4) is 5.75 Å². The number of nitro benzene ring substituents is 1. The summed E-state index contributed by atoms with van der Waals surface area (Å²) in [6.07, 6.45) is 1.61. The molecular weight excluding hydrogens is 296 g/mol. The van der Waals surface area contributed by atoms with Crippen molar-refractivity contribution in [2.24, 2.45) is 0 Å². The average Bonchev–Trinajstić information content (AvgIpc) is 2.59. The van der Waals surface area contributed by atoms with E-state index < -0.39 is 4.92 Å². The zero-order valence-electron chi connectivity index (χ0n) is 12.4. The summed E-state index contributed by atoms with van der Waals surface area (Å²) in [7, 11) is 1.62. The van der Waals surface area contributed by atoms with Crippen LogP contribution in [-0.2, 0) is 6.54 Å². The molecule has 3 rings (SSSR count). The van der Waals surface area contributed by atoms with Gasteiger partial charge >= 0.3 is 0 Å². The second-order valence-corrected chi connectivity index (χ2v) is 4.89. The van der Waals surface area contributed by atoms with Crippen LogP contribution in [0.3, 0.4) is 0 Å². The van der Waals surface area contributed by atoms with Crippen LogP contribution in [0.15, 0.2) is 48.7 Å². The van der Waals surface area contributed by atoms with Gasteiger partial charge in [-0.2, -0.15) is 0 Å². The minimum absolute atomic E-state index is 0.000829. The Bertz CT molecular complexity index is 850. The van der Waals surface area contributed by atoms with E-state index in [0.717, 1.165) is 11.3 Å². The van der Waals surface area contributed by atoms with Gasteiger partial charge < -0.3 is 10.1 Å². The molecule has 23 heavy (non-hydrogen) atoms. The third-order valence-electron chi connectivity index (χ3n) is 3.37. The van der Waals surface area contributed by atoms with Gasteiger partial charge in [0.1, 0.15) is 11.6 Å². The van der Waals surface area contributed by atoms with Crippen molar-refractivity contribution < 1.29 is 9.66 Å². The van der Waals surface area contributed by atoms with Crippen LogP contribution in [-0.4, -0.2) is 22.0 Å². The van der Waals surface area contributed by atoms with Crippen LogP contribution >= 0.6 is 0 Å². The quantitative estimate of drug-likeness (QED) is 0.575. The molecule has 0 atom stereocenters. The van der Waals surface area contributed by atoms with Crippen molar-refractivity contribution in [3.05, 3.63) is 64.3 Å². The molecule has 1 heterocycles. The summed E-state index contributed by atoms with van der Waals surface area (Å²) in [6.45, 7) is 0.569. The highest BCUT2D eigenvalue weighted by Gasteiger charge is 2.08. The van der Waals surface area contributed by atoms with Crippen LogP contribution in [0, 0.1) is 10.1 Å². The van der Waals surface area contributed by atoms with Gasteiger partial charge in [-0.25, -0.2) is 4.98 Å². The molecule has 0 aliphatic carbocycles. The second kappa shape index (κ2) is 6.27. The van der Waals surface area contributed by atoms with Crippen molar-refractivity contribution >= 4 is 22.5 Å². The van der Waals surface area contributed by atoms with Gasteiger partial charge in [0.25, 0.3) is 5.69 Å². The number of fused-ring (bicyclic) bond motifs is 1. The Hall–Kier alpha value is -3.22. The van der Waals surface area contributed by atoms with Gasteiger partial charge in [0.05, 0.1) is 29.3 Å². The van der Waals surface area contributed by atoms with Gasteiger partial charge in [-0.3, -0.25) is 15.1 Å². The van der Waals surface area contributed by atoms with Gasteiger partial charge in [-0.05, 0) is 23.8 Å². The first-order valence-corrected chi connectivity index (χ1v) is 6.94. The molecule has 0 aliphatic rings. The third-order valence-corrected chi connectivity index (χ3v) is 3.37. The molecule has 0 bridgehead atoms. The van der Waals surface area contributed by atoms with Crippen molar-refractivity contribution in [1.29, 1.82) is 0 Å². The first-order valence-electron chi connectivity index (χ1n) is 6.94. The minimum atomic E-state index is -0.446. The van der Waals surface area contributed by atoms with Gasteiger partial charge in [-0.15, -0.1) is 0 Å². The van der Waals surface area contributed by atoms with Crippen LogP contribution in [0.4, 0.5) is 11.5 Å². The van der Waals surface area contributed by atoms with E-state index >= 15 is 0 Å². The van der Waals surface area contributed by atoms with Crippen molar-refractivity contribution in [1.82, 2.24) is 9.97 Å². The van der Waals surface area contributed by atoms with Gasteiger partial charge in [0.15, 0.2) is 0 Å². The van der Waals surface area contributed by atoms with Gasteiger partial charge in [0.2, 0.25) is 0 Å². The van der Waals surface area contributed by atoms with E-state index in [2.05, 4.69) is 15.3 Å². The largest absolute Gasteiger partial charge is 0.497 e. The van der Waals surface area contributed by atoms with Crippen molar-refractivity contribution in [2.45, 2.75) is 6.54 Å². The first kappa shape index (κ1) is 14.7. The Balaban J connectivity index is 1.77. The van der Waals surface area contributed by atoms with E-state index in [1.54, 1.807) is 19.4 Å². The Morgan fingerprint density at radius 2 is 1.96 bits per heavy atom. The van der Waals surface area contributed by atoms with Crippen molar-refractivity contribution in [3.63, 3.8) is 0 Å². The number of anilines is 1. The fourth-order valence-corrected chi connectivity index (χ4v) is 2.13. The fourth-order valence-electron chi connectivity index (χ4n) is 2.13. The topological polar surface area (TPSA) is 90.2 Å². The number of non-ortho nitro benzene ring substituents is 1. The average molecular weight is 310 g/mol. The number of nitro groups is 1. The lowest BCUT2D eigenvalue weighted by atomic mass is 10.2. The number of nitrogens with one attached hydrogen (secondary N) is 1. The molecule has 2 aromatic carbocycles. The molecule has 1 N–H and O–H groups in total. The first-order chi connectivity index (χ1) is 11.2. The molecule has 0 saturated heterocycles. The van der Waals surface area contributed by atoms with E-state index in [-0.39, 0.29) is 5.69 Å². The zero-order chi connectivity index (χ0) is 16.2. The standard InChI is InChI=1S/C16H14N4O3/c1-23-13-5-2-11(3-6-13)9-18-16-10-17-14-7-4-12(20(21)22)8-15(14)19-16/h2-8,10H,9H2,1H3,(H,18,19). The predicted molar refractivity (Wildman–Crippen MR) is 86.5 cm³/mol. The minimum Gasteiger partial charge on any atom is -0.497 e. The highest BCUT2D eigenvalue weighted by atomic mass is 16.6. The lowest BCUT2D eigenvalue weighted by Gasteiger charge is -2.07. The van der Waals surface area contributed by atoms with E-state index in [1.807, 2.05) is 24.3 Å². The van der Waals surface area contributed by atoms with E-state index in [0.29, 0.717) is 23.4 Å². The summed E-state index contributed by atoms with van der Waals surface area (Å²) in [4.78, 5) is 19.0. The fraction of sp³-hybridized carbons (Fsp3) is 0.125. The monoisotopic (exact) mass is 310 g/mol. The summed E-state index contributed by atoms with van der Waals surface area (Å²) in [5, 5.41) is 14.0. The highest BCUT2D eigenvalue weighted by Crippen LogP contribution is 2.19. The molecule has 0 radical (unpaired) electrons. The Labute approximate surface area is 132 Å². The summed E-state index contributed by atoms with van der Waals surface area (Å²) in [5.41, 5.74) is 2.16. The lowest BCUT2D eigenvalue weighted by molar-refractivity contribution is -0.384. The number of benzene rings is 2. The summed E-state index contributed by atoms with van der Waals surface area (Å²) >= 11 is 0. The van der Waals surface area contributed by atoms with Gasteiger partial charge in [-0.1, -0.05) is 12.1 Å². The molecular formula is C16H14N4O3. The molecule has 0 spiro atoms. The molecule has 0 fully saturated rings. The molecule has 0 saturated carbocycles.